The van der Waals surface area contributed by atoms with E-state index in [1.165, 1.54) is 6.07 Å². The molecule has 21 heavy (non-hydrogen) atoms. The van der Waals surface area contributed by atoms with Gasteiger partial charge in [0.25, 0.3) is 5.91 Å². The van der Waals surface area contributed by atoms with Crippen LogP contribution >= 0.6 is 23.2 Å². The van der Waals surface area contributed by atoms with Crippen LogP contribution in [-0.4, -0.2) is 22.5 Å². The van der Waals surface area contributed by atoms with Gasteiger partial charge in [-0.05, 0) is 30.7 Å². The molecule has 0 aliphatic heterocycles. The Morgan fingerprint density at radius 1 is 1.38 bits per heavy atom. The molecule has 110 valence electrons. The summed E-state index contributed by atoms with van der Waals surface area (Å²) in [5.41, 5.74) is 6.49. The van der Waals surface area contributed by atoms with Gasteiger partial charge in [0, 0.05) is 6.07 Å². The molecule has 1 aromatic carbocycles. The number of halogens is 2. The van der Waals surface area contributed by atoms with E-state index in [-0.39, 0.29) is 16.3 Å². The summed E-state index contributed by atoms with van der Waals surface area (Å²) in [6.07, 6.45) is 0. The lowest BCUT2D eigenvalue weighted by molar-refractivity contribution is 0.102. The van der Waals surface area contributed by atoms with E-state index < -0.39 is 5.91 Å². The van der Waals surface area contributed by atoms with E-state index in [1.807, 2.05) is 0 Å². The third kappa shape index (κ3) is 3.74. The summed E-state index contributed by atoms with van der Waals surface area (Å²) < 4.78 is 5.40. The van der Waals surface area contributed by atoms with Gasteiger partial charge in [-0.15, -0.1) is 0 Å². The number of carbonyl (C=O) groups excluding carboxylic acids is 1. The normalized spacial score (nSPS) is 10.2. The number of benzene rings is 1. The van der Waals surface area contributed by atoms with E-state index in [0.29, 0.717) is 23.6 Å². The Bertz CT molecular complexity index is 659. The maximum Gasteiger partial charge on any atom is 0.260 e. The Kier molecular flexibility index (Phi) is 4.82. The zero-order chi connectivity index (χ0) is 15.4. The van der Waals surface area contributed by atoms with Crippen LogP contribution in [-0.2, 0) is 0 Å². The molecular weight excluding hydrogens is 315 g/mol. The van der Waals surface area contributed by atoms with Crippen LogP contribution < -0.4 is 15.8 Å². The SMILES string of the molecule is CCOc1c(N)cccc1C(=O)Nc1cc(Cl)nc(Cl)n1. The molecule has 0 radical (unpaired) electrons. The largest absolute Gasteiger partial charge is 0.491 e. The van der Waals surface area contributed by atoms with Crippen LogP contribution in [0.25, 0.3) is 0 Å². The number of hydrogen-bond acceptors (Lipinski definition) is 5. The van der Waals surface area contributed by atoms with Gasteiger partial charge in [0.2, 0.25) is 5.28 Å². The molecule has 3 N–H and O–H groups in total. The van der Waals surface area contributed by atoms with Crippen LogP contribution in [0.1, 0.15) is 17.3 Å². The van der Waals surface area contributed by atoms with E-state index in [9.17, 15) is 4.79 Å². The van der Waals surface area contributed by atoms with E-state index in [2.05, 4.69) is 15.3 Å². The maximum atomic E-state index is 12.3. The lowest BCUT2D eigenvalue weighted by Crippen LogP contribution is -2.15. The number of rotatable bonds is 4. The van der Waals surface area contributed by atoms with Gasteiger partial charge in [-0.25, -0.2) is 9.97 Å². The molecule has 0 aliphatic rings. The number of aromatic nitrogens is 2. The van der Waals surface area contributed by atoms with E-state index in [0.717, 1.165) is 0 Å². The minimum atomic E-state index is -0.434. The van der Waals surface area contributed by atoms with Crippen molar-refractivity contribution >= 4 is 40.6 Å². The van der Waals surface area contributed by atoms with Gasteiger partial charge >= 0.3 is 0 Å². The van der Waals surface area contributed by atoms with Gasteiger partial charge in [0.1, 0.15) is 11.0 Å². The highest BCUT2D eigenvalue weighted by molar-refractivity contribution is 6.32. The average Bonchev–Trinajstić information content (AvgIpc) is 2.40. The molecule has 1 amide bonds. The van der Waals surface area contributed by atoms with Crippen molar-refractivity contribution in [2.45, 2.75) is 6.92 Å². The minimum Gasteiger partial charge on any atom is -0.491 e. The van der Waals surface area contributed by atoms with Crippen LogP contribution in [0.5, 0.6) is 5.75 Å². The summed E-state index contributed by atoms with van der Waals surface area (Å²) in [4.78, 5) is 19.9. The van der Waals surface area contributed by atoms with Gasteiger partial charge in [0.15, 0.2) is 5.75 Å². The minimum absolute atomic E-state index is 0.0598. The lowest BCUT2D eigenvalue weighted by atomic mass is 10.1. The van der Waals surface area contributed by atoms with Crippen molar-refractivity contribution in [2.75, 3.05) is 17.7 Å². The van der Waals surface area contributed by atoms with Crippen molar-refractivity contribution in [3.63, 3.8) is 0 Å². The van der Waals surface area contributed by atoms with E-state index in [4.69, 9.17) is 33.7 Å². The number of hydrogen-bond donors (Lipinski definition) is 2. The first kappa shape index (κ1) is 15.3. The summed E-state index contributed by atoms with van der Waals surface area (Å²) in [5.74, 6) is 0.0789. The van der Waals surface area contributed by atoms with Crippen molar-refractivity contribution in [3.05, 3.63) is 40.3 Å². The highest BCUT2D eigenvalue weighted by Crippen LogP contribution is 2.27. The number of amides is 1. The molecule has 0 atom stereocenters. The number of nitrogens with one attached hydrogen (secondary N) is 1. The molecule has 0 spiro atoms. The first-order valence-electron chi connectivity index (χ1n) is 6.04. The van der Waals surface area contributed by atoms with Gasteiger partial charge in [-0.2, -0.15) is 0 Å². The van der Waals surface area contributed by atoms with Crippen LogP contribution in [0.4, 0.5) is 11.5 Å². The van der Waals surface area contributed by atoms with Crippen molar-refractivity contribution in [1.82, 2.24) is 9.97 Å². The zero-order valence-corrected chi connectivity index (χ0v) is 12.6. The van der Waals surface area contributed by atoms with Gasteiger partial charge in [0.05, 0.1) is 17.9 Å². The fourth-order valence-electron chi connectivity index (χ4n) is 1.68. The fourth-order valence-corrected chi connectivity index (χ4v) is 2.09. The molecule has 8 heteroatoms. The Morgan fingerprint density at radius 3 is 2.81 bits per heavy atom. The molecule has 0 saturated carbocycles. The fraction of sp³-hybridized carbons (Fsp3) is 0.154. The number of carbonyl (C=O) groups is 1. The van der Waals surface area contributed by atoms with Crippen LogP contribution in [0, 0.1) is 0 Å². The first-order valence-corrected chi connectivity index (χ1v) is 6.79. The quantitative estimate of drug-likeness (QED) is 0.512. The molecule has 1 heterocycles. The molecule has 1 aromatic heterocycles. The maximum absolute atomic E-state index is 12.3. The van der Waals surface area contributed by atoms with Gasteiger partial charge in [-0.1, -0.05) is 17.7 Å². The molecule has 2 rings (SSSR count). The second-order valence-electron chi connectivity index (χ2n) is 3.96. The van der Waals surface area contributed by atoms with Crippen LogP contribution in [0.15, 0.2) is 24.3 Å². The molecule has 2 aromatic rings. The number of ether oxygens (including phenoxy) is 1. The summed E-state index contributed by atoms with van der Waals surface area (Å²) >= 11 is 11.4. The Labute approximate surface area is 131 Å². The molecule has 6 nitrogen and oxygen atoms in total. The van der Waals surface area contributed by atoms with Gasteiger partial charge in [-0.3, -0.25) is 4.79 Å². The lowest BCUT2D eigenvalue weighted by Gasteiger charge is -2.12. The highest BCUT2D eigenvalue weighted by Gasteiger charge is 2.16. The number of anilines is 2. The Balaban J connectivity index is 2.30. The van der Waals surface area contributed by atoms with Crippen molar-refractivity contribution in [3.8, 4) is 5.75 Å². The number of nitrogens with zero attached hydrogens (tertiary/aromatic N) is 2. The summed E-state index contributed by atoms with van der Waals surface area (Å²) in [7, 11) is 0. The average molecular weight is 327 g/mol. The summed E-state index contributed by atoms with van der Waals surface area (Å²) in [6.45, 7) is 2.19. The second kappa shape index (κ2) is 6.60. The number of para-hydroxylation sites is 1. The standard InChI is InChI=1S/C13H12Cl2N4O2/c1-2-21-11-7(4-3-5-8(11)16)12(20)18-10-6-9(14)17-13(15)19-10/h3-6H,2,16H2,1H3,(H,17,18,19,20). The van der Waals surface area contributed by atoms with Crippen molar-refractivity contribution in [1.29, 1.82) is 0 Å². The van der Waals surface area contributed by atoms with E-state index in [1.54, 1.807) is 25.1 Å². The third-order valence-corrected chi connectivity index (χ3v) is 2.85. The molecule has 0 fully saturated rings. The van der Waals surface area contributed by atoms with Crippen molar-refractivity contribution in [2.24, 2.45) is 0 Å². The molecular formula is C13H12Cl2N4O2. The second-order valence-corrected chi connectivity index (χ2v) is 4.68. The molecule has 0 aliphatic carbocycles. The predicted octanol–water partition coefficient (Wildman–Crippen LogP) is 3.02. The third-order valence-electron chi connectivity index (χ3n) is 2.49. The van der Waals surface area contributed by atoms with Crippen LogP contribution in [0.2, 0.25) is 10.4 Å². The van der Waals surface area contributed by atoms with Gasteiger partial charge < -0.3 is 15.8 Å². The Morgan fingerprint density at radius 2 is 2.14 bits per heavy atom. The summed E-state index contributed by atoms with van der Waals surface area (Å²) in [5, 5.41) is 2.64. The zero-order valence-electron chi connectivity index (χ0n) is 11.1. The monoisotopic (exact) mass is 326 g/mol. The summed E-state index contributed by atoms with van der Waals surface area (Å²) in [6, 6.07) is 6.30. The molecule has 0 saturated heterocycles. The van der Waals surface area contributed by atoms with Crippen molar-refractivity contribution < 1.29 is 9.53 Å². The first-order chi connectivity index (χ1) is 10.0. The van der Waals surface area contributed by atoms with E-state index >= 15 is 0 Å². The highest BCUT2D eigenvalue weighted by atomic mass is 35.5. The number of nitrogen functional groups attached to an aromatic ring is 1. The van der Waals surface area contributed by atoms with Crippen LogP contribution in [0.3, 0.4) is 0 Å². The molecule has 0 bridgehead atoms. The smallest absolute Gasteiger partial charge is 0.260 e. The topological polar surface area (TPSA) is 90.1 Å². The predicted molar refractivity (Wildman–Crippen MR) is 82.0 cm³/mol. The molecule has 0 unspecified atom stereocenters. The Hall–Kier alpha value is -2.05. The number of nitrogens with two attached hydrogens (primary N) is 1.